The Morgan fingerprint density at radius 3 is 2.82 bits per heavy atom. The molecule has 1 N–H and O–H groups in total. The molecule has 118 valence electrons. The fourth-order valence-corrected chi connectivity index (χ4v) is 2.98. The van der Waals surface area contributed by atoms with Gasteiger partial charge in [-0.3, -0.25) is 14.4 Å². The largest absolute Gasteiger partial charge is 0.360 e. The second-order valence-electron chi connectivity index (χ2n) is 5.80. The van der Waals surface area contributed by atoms with Gasteiger partial charge in [-0.05, 0) is 38.9 Å². The predicted octanol–water partition coefficient (Wildman–Crippen LogP) is 1.53. The Balaban J connectivity index is 1.47. The first kappa shape index (κ1) is 14.8. The van der Waals surface area contributed by atoms with Gasteiger partial charge in [0, 0.05) is 30.9 Å². The van der Waals surface area contributed by atoms with Crippen LogP contribution >= 0.6 is 0 Å². The lowest BCUT2D eigenvalue weighted by molar-refractivity contribution is -0.117. The van der Waals surface area contributed by atoms with Gasteiger partial charge in [-0.15, -0.1) is 0 Å². The fraction of sp³-hybridized carbons (Fsp3) is 0.533. The van der Waals surface area contributed by atoms with Crippen molar-refractivity contribution in [3.05, 3.63) is 29.8 Å². The third-order valence-corrected chi connectivity index (χ3v) is 4.13. The average Bonchev–Trinajstić information content (AvgIpc) is 3.08. The minimum atomic E-state index is -0.0488. The number of rotatable bonds is 4. The molecule has 22 heavy (non-hydrogen) atoms. The highest BCUT2D eigenvalue weighted by molar-refractivity contribution is 5.91. The highest BCUT2D eigenvalue weighted by Gasteiger charge is 2.23. The molecular weight excluding hydrogens is 282 g/mol. The van der Waals surface area contributed by atoms with Crippen molar-refractivity contribution >= 4 is 11.7 Å². The van der Waals surface area contributed by atoms with E-state index in [1.54, 1.807) is 13.0 Å². The molecule has 1 aliphatic heterocycles. The van der Waals surface area contributed by atoms with Gasteiger partial charge in [0.2, 0.25) is 5.91 Å². The molecule has 1 aliphatic rings. The number of likely N-dealkylation sites (tertiary alicyclic amines) is 1. The average molecular weight is 303 g/mol. The summed E-state index contributed by atoms with van der Waals surface area (Å²) in [5.74, 6) is 1.65. The standard InChI is InChI=1S/C15H21N5O2/c1-11-9-14(18-22-11)17-15(21)10-20-7-4-12(5-8-20)13-3-6-16-19(13)2/h3,6,9,12H,4-5,7-8,10H2,1-2H3,(H,17,18,21). The molecule has 0 unspecified atom stereocenters. The van der Waals surface area contributed by atoms with Crippen molar-refractivity contribution in [1.29, 1.82) is 0 Å². The summed E-state index contributed by atoms with van der Waals surface area (Å²) in [6, 6.07) is 3.80. The summed E-state index contributed by atoms with van der Waals surface area (Å²) in [4.78, 5) is 14.2. The number of aromatic nitrogens is 3. The van der Waals surface area contributed by atoms with Gasteiger partial charge in [-0.1, -0.05) is 5.16 Å². The Morgan fingerprint density at radius 2 is 2.23 bits per heavy atom. The van der Waals surface area contributed by atoms with E-state index >= 15 is 0 Å². The van der Waals surface area contributed by atoms with Crippen LogP contribution in [-0.2, 0) is 11.8 Å². The van der Waals surface area contributed by atoms with Crippen molar-refractivity contribution in [3.63, 3.8) is 0 Å². The Hall–Kier alpha value is -2.15. The number of amides is 1. The van der Waals surface area contributed by atoms with Crippen molar-refractivity contribution in [3.8, 4) is 0 Å². The number of aryl methyl sites for hydroxylation is 2. The molecule has 0 spiro atoms. The molecule has 2 aromatic rings. The monoisotopic (exact) mass is 303 g/mol. The van der Waals surface area contributed by atoms with E-state index in [4.69, 9.17) is 4.52 Å². The second kappa shape index (κ2) is 6.31. The van der Waals surface area contributed by atoms with E-state index in [9.17, 15) is 4.79 Å². The Kier molecular flexibility index (Phi) is 4.24. The summed E-state index contributed by atoms with van der Waals surface area (Å²) < 4.78 is 6.88. The molecule has 1 amide bonds. The van der Waals surface area contributed by atoms with Crippen LogP contribution in [0.2, 0.25) is 0 Å². The molecule has 3 heterocycles. The molecule has 2 aromatic heterocycles. The first-order chi connectivity index (χ1) is 10.6. The van der Waals surface area contributed by atoms with Crippen LogP contribution in [0.15, 0.2) is 22.9 Å². The molecule has 3 rings (SSSR count). The normalized spacial score (nSPS) is 16.8. The molecule has 7 nitrogen and oxygen atoms in total. The van der Waals surface area contributed by atoms with Gasteiger partial charge in [0.15, 0.2) is 5.82 Å². The minimum absolute atomic E-state index is 0.0488. The number of hydrogen-bond acceptors (Lipinski definition) is 5. The SMILES string of the molecule is Cc1cc(NC(=O)CN2CCC(c3ccnn3C)CC2)no1. The summed E-state index contributed by atoms with van der Waals surface area (Å²) in [5.41, 5.74) is 1.28. The number of nitrogens with zero attached hydrogens (tertiary/aromatic N) is 4. The summed E-state index contributed by atoms with van der Waals surface area (Å²) in [5, 5.41) is 10.8. The molecular formula is C15H21N5O2. The van der Waals surface area contributed by atoms with Gasteiger partial charge in [-0.25, -0.2) is 0 Å². The number of piperidine rings is 1. The predicted molar refractivity (Wildman–Crippen MR) is 81.5 cm³/mol. The lowest BCUT2D eigenvalue weighted by Crippen LogP contribution is -2.39. The lowest BCUT2D eigenvalue weighted by Gasteiger charge is -2.31. The lowest BCUT2D eigenvalue weighted by atomic mass is 9.93. The maximum Gasteiger partial charge on any atom is 0.239 e. The minimum Gasteiger partial charge on any atom is -0.360 e. The number of anilines is 1. The van der Waals surface area contributed by atoms with E-state index in [1.165, 1.54) is 5.69 Å². The van der Waals surface area contributed by atoms with E-state index in [1.807, 2.05) is 17.9 Å². The molecule has 0 atom stereocenters. The van der Waals surface area contributed by atoms with Gasteiger partial charge in [-0.2, -0.15) is 5.10 Å². The first-order valence-corrected chi connectivity index (χ1v) is 7.55. The van der Waals surface area contributed by atoms with Crippen molar-refractivity contribution in [2.24, 2.45) is 7.05 Å². The number of carbonyl (C=O) groups excluding carboxylic acids is 1. The van der Waals surface area contributed by atoms with Crippen molar-refractivity contribution in [1.82, 2.24) is 19.8 Å². The van der Waals surface area contributed by atoms with Crippen molar-refractivity contribution < 1.29 is 9.32 Å². The van der Waals surface area contributed by atoms with Gasteiger partial charge in [0.1, 0.15) is 5.76 Å². The van der Waals surface area contributed by atoms with Crippen LogP contribution < -0.4 is 5.32 Å². The smallest absolute Gasteiger partial charge is 0.239 e. The van der Waals surface area contributed by atoms with Crippen LogP contribution in [0.1, 0.15) is 30.2 Å². The van der Waals surface area contributed by atoms with Crippen molar-refractivity contribution in [2.75, 3.05) is 25.0 Å². The van der Waals surface area contributed by atoms with E-state index in [2.05, 4.69) is 26.5 Å². The Bertz CT molecular complexity index is 640. The number of hydrogen-bond donors (Lipinski definition) is 1. The quantitative estimate of drug-likeness (QED) is 0.927. The number of nitrogens with one attached hydrogen (secondary N) is 1. The van der Waals surface area contributed by atoms with E-state index in [-0.39, 0.29) is 5.91 Å². The van der Waals surface area contributed by atoms with Gasteiger partial charge in [0.25, 0.3) is 0 Å². The molecule has 0 radical (unpaired) electrons. The van der Waals surface area contributed by atoms with Gasteiger partial charge < -0.3 is 9.84 Å². The third kappa shape index (κ3) is 3.36. The summed E-state index contributed by atoms with van der Waals surface area (Å²) >= 11 is 0. The molecule has 7 heteroatoms. The molecule has 0 saturated carbocycles. The van der Waals surface area contributed by atoms with Gasteiger partial charge in [0.05, 0.1) is 6.54 Å². The van der Waals surface area contributed by atoms with E-state index in [0.29, 0.717) is 24.0 Å². The van der Waals surface area contributed by atoms with E-state index < -0.39 is 0 Å². The van der Waals surface area contributed by atoms with E-state index in [0.717, 1.165) is 25.9 Å². The summed E-state index contributed by atoms with van der Waals surface area (Å²) in [6.07, 6.45) is 3.95. The topological polar surface area (TPSA) is 76.2 Å². The maximum atomic E-state index is 12.0. The maximum absolute atomic E-state index is 12.0. The molecule has 0 bridgehead atoms. The van der Waals surface area contributed by atoms with Crippen molar-refractivity contribution in [2.45, 2.75) is 25.7 Å². The Morgan fingerprint density at radius 1 is 1.45 bits per heavy atom. The van der Waals surface area contributed by atoms with Crippen LogP contribution in [-0.4, -0.2) is 45.4 Å². The highest BCUT2D eigenvalue weighted by atomic mass is 16.5. The van der Waals surface area contributed by atoms with Gasteiger partial charge >= 0.3 is 0 Å². The third-order valence-electron chi connectivity index (χ3n) is 4.13. The highest BCUT2D eigenvalue weighted by Crippen LogP contribution is 2.27. The van der Waals surface area contributed by atoms with Crippen LogP contribution in [0.5, 0.6) is 0 Å². The molecule has 0 aliphatic carbocycles. The zero-order valence-corrected chi connectivity index (χ0v) is 13.0. The molecule has 1 fully saturated rings. The summed E-state index contributed by atoms with van der Waals surface area (Å²) in [6.45, 7) is 4.03. The zero-order valence-electron chi connectivity index (χ0n) is 13.0. The fourth-order valence-electron chi connectivity index (χ4n) is 2.98. The van der Waals surface area contributed by atoms with Crippen LogP contribution in [0.25, 0.3) is 0 Å². The summed E-state index contributed by atoms with van der Waals surface area (Å²) in [7, 11) is 1.98. The molecule has 1 saturated heterocycles. The zero-order chi connectivity index (χ0) is 15.5. The number of carbonyl (C=O) groups is 1. The second-order valence-corrected chi connectivity index (χ2v) is 5.80. The van der Waals surface area contributed by atoms with Crippen LogP contribution in [0.4, 0.5) is 5.82 Å². The van der Waals surface area contributed by atoms with Crippen LogP contribution in [0, 0.1) is 6.92 Å². The van der Waals surface area contributed by atoms with Crippen LogP contribution in [0.3, 0.4) is 0 Å². The first-order valence-electron chi connectivity index (χ1n) is 7.55. The Labute approximate surface area is 129 Å². The molecule has 0 aromatic carbocycles.